The Bertz CT molecular complexity index is 381. The van der Waals surface area contributed by atoms with Gasteiger partial charge in [-0.2, -0.15) is 0 Å². The predicted molar refractivity (Wildman–Crippen MR) is 43.1 cm³/mol. The topological polar surface area (TPSA) is 49.7 Å². The molecule has 0 bridgehead atoms. The van der Waals surface area contributed by atoms with E-state index in [1.807, 2.05) is 0 Å². The second-order valence-electron chi connectivity index (χ2n) is 1.99. The molecule has 1 aromatic carbocycles. The van der Waals surface area contributed by atoms with Crippen molar-refractivity contribution in [1.29, 1.82) is 0 Å². The summed E-state index contributed by atoms with van der Waals surface area (Å²) in [7, 11) is 0. The fourth-order valence-electron chi connectivity index (χ4n) is 0.699. The van der Waals surface area contributed by atoms with Crippen LogP contribution in [0.15, 0.2) is 29.3 Å². The van der Waals surface area contributed by atoms with E-state index in [0.29, 0.717) is 5.56 Å². The van der Waals surface area contributed by atoms with Gasteiger partial charge in [-0.1, -0.05) is 6.07 Å². The molecule has 0 atom stereocenters. The van der Waals surface area contributed by atoms with Gasteiger partial charge in [-0.25, -0.2) is 4.79 Å². The van der Waals surface area contributed by atoms with Crippen molar-refractivity contribution in [3.8, 4) is 17.7 Å². The molecule has 0 saturated carbocycles. The van der Waals surface area contributed by atoms with Crippen LogP contribution in [-0.2, 0) is 4.79 Å². The first-order valence-corrected chi connectivity index (χ1v) is 3.20. The number of hydrogen-bond donors (Lipinski definition) is 1. The van der Waals surface area contributed by atoms with E-state index in [1.165, 1.54) is 18.2 Å². The maximum absolute atomic E-state index is 9.62. The van der Waals surface area contributed by atoms with Crippen molar-refractivity contribution < 1.29 is 9.90 Å². The summed E-state index contributed by atoms with van der Waals surface area (Å²) in [5, 5.41) is 8.99. The molecule has 12 heavy (non-hydrogen) atoms. The van der Waals surface area contributed by atoms with Crippen LogP contribution in [0, 0.1) is 12.0 Å². The molecule has 0 heterocycles. The minimum atomic E-state index is 0.136. The van der Waals surface area contributed by atoms with Crippen LogP contribution in [0.2, 0.25) is 0 Å². The number of hydrogen-bond acceptors (Lipinski definition) is 3. The number of phenolic OH excluding ortho intramolecular Hbond substituents is 1. The van der Waals surface area contributed by atoms with Crippen molar-refractivity contribution in [2.45, 2.75) is 0 Å². The molecular formula is C9H5NO2. The molecule has 1 N–H and O–H groups in total. The highest BCUT2D eigenvalue weighted by Gasteiger charge is 1.87. The van der Waals surface area contributed by atoms with Crippen molar-refractivity contribution >= 4 is 6.08 Å². The smallest absolute Gasteiger partial charge is 0.249 e. The Labute approximate surface area is 69.4 Å². The predicted octanol–water partition coefficient (Wildman–Crippen LogP) is 1.04. The van der Waals surface area contributed by atoms with E-state index in [9.17, 15) is 4.79 Å². The van der Waals surface area contributed by atoms with Crippen molar-refractivity contribution in [3.63, 3.8) is 0 Å². The van der Waals surface area contributed by atoms with E-state index in [1.54, 1.807) is 12.1 Å². The third-order valence-corrected chi connectivity index (χ3v) is 1.15. The number of isocyanates is 1. The molecular weight excluding hydrogens is 154 g/mol. The van der Waals surface area contributed by atoms with E-state index in [2.05, 4.69) is 17.0 Å². The molecule has 0 saturated heterocycles. The summed E-state index contributed by atoms with van der Waals surface area (Å²) in [6, 6.07) is 8.59. The van der Waals surface area contributed by atoms with E-state index >= 15 is 0 Å². The number of aromatic hydroxyl groups is 1. The molecule has 0 aliphatic carbocycles. The maximum atomic E-state index is 9.62. The lowest BCUT2D eigenvalue weighted by Crippen LogP contribution is -1.71. The summed E-state index contributed by atoms with van der Waals surface area (Å²) >= 11 is 0. The Morgan fingerprint density at radius 3 is 2.92 bits per heavy atom. The van der Waals surface area contributed by atoms with Gasteiger partial charge in [-0.3, -0.25) is 0 Å². The van der Waals surface area contributed by atoms with Crippen molar-refractivity contribution in [2.75, 3.05) is 0 Å². The molecule has 0 fully saturated rings. The number of nitrogens with zero attached hydrogens (tertiary/aromatic N) is 1. The van der Waals surface area contributed by atoms with Crippen LogP contribution >= 0.6 is 0 Å². The average molecular weight is 159 g/mol. The zero-order valence-electron chi connectivity index (χ0n) is 6.11. The minimum absolute atomic E-state index is 0.136. The Kier molecular flexibility index (Phi) is 2.67. The lowest BCUT2D eigenvalue weighted by atomic mass is 10.2. The average Bonchev–Trinajstić information content (AvgIpc) is 2.05. The summed E-state index contributed by atoms with van der Waals surface area (Å²) in [5.74, 6) is 2.68. The molecule has 1 aromatic rings. The lowest BCUT2D eigenvalue weighted by molar-refractivity contribution is 0.475. The van der Waals surface area contributed by atoms with Crippen molar-refractivity contribution in [1.82, 2.24) is 0 Å². The number of carbonyl (C=O) groups excluding carboxylic acids is 1. The third-order valence-electron chi connectivity index (χ3n) is 1.15. The quantitative estimate of drug-likeness (QED) is 0.349. The van der Waals surface area contributed by atoms with Gasteiger partial charge < -0.3 is 5.11 Å². The first-order chi connectivity index (χ1) is 5.83. The lowest BCUT2D eigenvalue weighted by Gasteiger charge is -1.89. The number of phenols is 1. The fourth-order valence-corrected chi connectivity index (χ4v) is 0.699. The van der Waals surface area contributed by atoms with Gasteiger partial charge in [0.2, 0.25) is 6.08 Å². The summed E-state index contributed by atoms with van der Waals surface area (Å²) in [6.45, 7) is 0. The molecule has 58 valence electrons. The van der Waals surface area contributed by atoms with Crippen LogP contribution in [-0.4, -0.2) is 11.2 Å². The first kappa shape index (κ1) is 8.06. The second kappa shape index (κ2) is 3.97. The zero-order valence-corrected chi connectivity index (χ0v) is 6.11. The SMILES string of the molecule is O=C=NC#Cc1cccc(O)c1. The highest BCUT2D eigenvalue weighted by atomic mass is 16.3. The molecule has 0 unspecified atom stereocenters. The molecule has 3 heteroatoms. The van der Waals surface area contributed by atoms with E-state index in [4.69, 9.17) is 5.11 Å². The summed E-state index contributed by atoms with van der Waals surface area (Å²) < 4.78 is 0. The third kappa shape index (κ3) is 2.30. The van der Waals surface area contributed by atoms with Gasteiger partial charge in [0, 0.05) is 5.56 Å². The van der Waals surface area contributed by atoms with Gasteiger partial charge in [0.15, 0.2) is 0 Å². The standard InChI is InChI=1S/C9H5NO2/c11-7-10-5-4-8-2-1-3-9(12)6-8/h1-3,6,12H. The van der Waals surface area contributed by atoms with Crippen LogP contribution < -0.4 is 0 Å². The second-order valence-corrected chi connectivity index (χ2v) is 1.99. The molecule has 0 spiro atoms. The van der Waals surface area contributed by atoms with Gasteiger partial charge in [-0.15, -0.1) is 4.99 Å². The Morgan fingerprint density at radius 2 is 2.25 bits per heavy atom. The highest BCUT2D eigenvalue weighted by molar-refractivity contribution is 5.42. The minimum Gasteiger partial charge on any atom is -0.508 e. The summed E-state index contributed by atoms with van der Waals surface area (Å²) in [5.41, 5.74) is 0.606. The first-order valence-electron chi connectivity index (χ1n) is 3.20. The van der Waals surface area contributed by atoms with Crippen LogP contribution in [0.5, 0.6) is 5.75 Å². The van der Waals surface area contributed by atoms with Gasteiger partial charge >= 0.3 is 0 Å². The summed E-state index contributed by atoms with van der Waals surface area (Å²) in [4.78, 5) is 12.7. The van der Waals surface area contributed by atoms with Gasteiger partial charge in [0.1, 0.15) is 5.75 Å². The molecule has 0 amide bonds. The maximum Gasteiger partial charge on any atom is 0.249 e. The Morgan fingerprint density at radius 1 is 1.42 bits per heavy atom. The molecule has 0 radical (unpaired) electrons. The van der Waals surface area contributed by atoms with Crippen LogP contribution in [0.4, 0.5) is 0 Å². The van der Waals surface area contributed by atoms with Gasteiger partial charge in [0.05, 0.1) is 6.04 Å². The molecule has 0 aromatic heterocycles. The molecule has 1 rings (SSSR count). The van der Waals surface area contributed by atoms with Crippen LogP contribution in [0.1, 0.15) is 5.56 Å². The zero-order chi connectivity index (χ0) is 8.81. The van der Waals surface area contributed by atoms with Crippen LogP contribution in [0.3, 0.4) is 0 Å². The van der Waals surface area contributed by atoms with E-state index in [-0.39, 0.29) is 5.75 Å². The number of benzene rings is 1. The highest BCUT2D eigenvalue weighted by Crippen LogP contribution is 2.09. The molecule has 0 aliphatic heterocycles. The number of rotatable bonds is 0. The molecule has 0 aliphatic rings. The van der Waals surface area contributed by atoms with Gasteiger partial charge in [0.25, 0.3) is 0 Å². The summed E-state index contributed by atoms with van der Waals surface area (Å²) in [6.07, 6.45) is 1.29. The van der Waals surface area contributed by atoms with E-state index in [0.717, 1.165) is 0 Å². The monoisotopic (exact) mass is 159 g/mol. The molecule has 3 nitrogen and oxygen atoms in total. The van der Waals surface area contributed by atoms with E-state index < -0.39 is 0 Å². The van der Waals surface area contributed by atoms with Crippen LogP contribution in [0.25, 0.3) is 0 Å². The largest absolute Gasteiger partial charge is 0.508 e. The fraction of sp³-hybridized carbons (Fsp3) is 0. The van der Waals surface area contributed by atoms with Gasteiger partial charge in [-0.05, 0) is 24.1 Å². The van der Waals surface area contributed by atoms with Crippen molar-refractivity contribution in [2.24, 2.45) is 4.99 Å². The number of aliphatic imine (C=N–C) groups is 1. The Hall–Kier alpha value is -2.04. The normalized spacial score (nSPS) is 7.67. The van der Waals surface area contributed by atoms with Crippen molar-refractivity contribution in [3.05, 3.63) is 29.8 Å². The Balaban J connectivity index is 2.92.